The molecule has 0 bridgehead atoms. The first-order valence-electron chi connectivity index (χ1n) is 12.5. The smallest absolute Gasteiger partial charge is 0.304 e. The van der Waals surface area contributed by atoms with Crippen LogP contribution in [0.15, 0.2) is 59.5 Å². The Morgan fingerprint density at radius 3 is 2.63 bits per heavy atom. The van der Waals surface area contributed by atoms with Gasteiger partial charge < -0.3 is 15.8 Å². The molecule has 1 aliphatic rings. The predicted octanol–water partition coefficient (Wildman–Crippen LogP) is 4.16. The lowest BCUT2D eigenvalue weighted by atomic mass is 9.86. The maximum Gasteiger partial charge on any atom is 0.304 e. The molecule has 10 heteroatoms. The molecule has 0 fully saturated rings. The third-order valence-electron chi connectivity index (χ3n) is 7.16. The second-order valence-corrected chi connectivity index (χ2v) is 11.5. The Labute approximate surface area is 222 Å². The Balaban J connectivity index is 1.73. The molecule has 202 valence electrons. The molecular weight excluding hydrogens is 507 g/mol. The van der Waals surface area contributed by atoms with Gasteiger partial charge in [-0.15, -0.1) is 0 Å². The van der Waals surface area contributed by atoms with Crippen LogP contribution < -0.4 is 16.6 Å². The number of nitrogen functional groups attached to an aromatic ring is 1. The SMILES string of the molecule is CCN(N)c1ccc(C(CC(=O)O)c2ccc(C)c(CN3CCCc4ccccc4S3(=O)=O)c2)c(F)c1N. The normalized spacial score (nSPS) is 15.9. The zero-order chi connectivity index (χ0) is 27.6. The summed E-state index contributed by atoms with van der Waals surface area (Å²) in [5, 5.41) is 11.0. The summed E-state index contributed by atoms with van der Waals surface area (Å²) in [5.74, 6) is 3.26. The summed E-state index contributed by atoms with van der Waals surface area (Å²) in [4.78, 5) is 12.1. The second-order valence-electron chi connectivity index (χ2n) is 9.57. The zero-order valence-corrected chi connectivity index (χ0v) is 22.3. The van der Waals surface area contributed by atoms with Crippen LogP contribution in [0.2, 0.25) is 0 Å². The maximum atomic E-state index is 15.5. The van der Waals surface area contributed by atoms with E-state index in [-0.39, 0.29) is 24.2 Å². The summed E-state index contributed by atoms with van der Waals surface area (Å²) in [7, 11) is -3.72. The molecule has 38 heavy (non-hydrogen) atoms. The number of anilines is 2. The predicted molar refractivity (Wildman–Crippen MR) is 146 cm³/mol. The molecule has 0 spiro atoms. The minimum atomic E-state index is -3.72. The van der Waals surface area contributed by atoms with E-state index in [0.717, 1.165) is 16.7 Å². The lowest BCUT2D eigenvalue weighted by molar-refractivity contribution is -0.137. The van der Waals surface area contributed by atoms with Crippen molar-refractivity contribution in [3.8, 4) is 0 Å². The second kappa shape index (κ2) is 11.1. The first kappa shape index (κ1) is 27.6. The molecule has 0 amide bonds. The number of carboxylic acid groups (broad SMARTS) is 1. The molecule has 1 heterocycles. The van der Waals surface area contributed by atoms with E-state index in [1.165, 1.54) is 15.4 Å². The molecular formula is C28H33FN4O4S. The summed E-state index contributed by atoms with van der Waals surface area (Å²) in [6, 6.07) is 15.5. The van der Waals surface area contributed by atoms with Crippen LogP contribution in [0.1, 0.15) is 53.5 Å². The Hall–Kier alpha value is -3.47. The highest BCUT2D eigenvalue weighted by Gasteiger charge is 2.30. The van der Waals surface area contributed by atoms with E-state index in [1.807, 2.05) is 25.1 Å². The number of benzene rings is 3. The fraction of sp³-hybridized carbons (Fsp3) is 0.321. The lowest BCUT2D eigenvalue weighted by Crippen LogP contribution is -2.31. The van der Waals surface area contributed by atoms with Crippen molar-refractivity contribution in [2.75, 3.05) is 23.8 Å². The van der Waals surface area contributed by atoms with E-state index >= 15 is 4.39 Å². The van der Waals surface area contributed by atoms with E-state index in [2.05, 4.69) is 0 Å². The summed E-state index contributed by atoms with van der Waals surface area (Å²) in [6.07, 6.45) is 0.984. The molecule has 5 N–H and O–H groups in total. The first-order valence-corrected chi connectivity index (χ1v) is 14.0. The van der Waals surface area contributed by atoms with Crippen LogP contribution in [0.4, 0.5) is 15.8 Å². The van der Waals surface area contributed by atoms with Crippen LogP contribution in [0.5, 0.6) is 0 Å². The minimum Gasteiger partial charge on any atom is -0.481 e. The standard InChI is InChI=1S/C28H33FN4O4S/c1-3-33(31)24-13-12-22(27(29)28(24)30)23(16-26(34)35)20-11-10-18(2)21(15-20)17-32-14-6-8-19-7-4-5-9-25(19)38(32,36)37/h4-5,7,9-13,15,23H,3,6,8,14,16-17,30-31H2,1-2H3,(H,34,35). The number of carbonyl (C=O) groups is 1. The third-order valence-corrected chi connectivity index (χ3v) is 9.10. The van der Waals surface area contributed by atoms with Gasteiger partial charge in [-0.05, 0) is 66.6 Å². The van der Waals surface area contributed by atoms with Gasteiger partial charge in [0.25, 0.3) is 0 Å². The van der Waals surface area contributed by atoms with Gasteiger partial charge in [0.1, 0.15) is 0 Å². The molecule has 0 aliphatic carbocycles. The topological polar surface area (TPSA) is 130 Å². The number of carboxylic acids is 1. The average molecular weight is 541 g/mol. The van der Waals surface area contributed by atoms with Gasteiger partial charge in [-0.3, -0.25) is 4.79 Å². The number of hydrogen-bond acceptors (Lipinski definition) is 6. The van der Waals surface area contributed by atoms with Crippen molar-refractivity contribution >= 4 is 27.4 Å². The summed E-state index contributed by atoms with van der Waals surface area (Å²) in [6.45, 7) is 4.57. The molecule has 1 atom stereocenters. The third kappa shape index (κ3) is 5.38. The van der Waals surface area contributed by atoms with Crippen molar-refractivity contribution in [1.82, 2.24) is 4.31 Å². The number of halogens is 1. The lowest BCUT2D eigenvalue weighted by Gasteiger charge is -2.24. The van der Waals surface area contributed by atoms with Crippen molar-refractivity contribution in [2.45, 2.75) is 50.5 Å². The summed E-state index contributed by atoms with van der Waals surface area (Å²) in [5.41, 5.74) is 9.31. The fourth-order valence-corrected chi connectivity index (χ4v) is 6.68. The highest BCUT2D eigenvalue weighted by molar-refractivity contribution is 7.89. The maximum absolute atomic E-state index is 15.5. The van der Waals surface area contributed by atoms with Crippen molar-refractivity contribution in [3.05, 3.63) is 88.2 Å². The van der Waals surface area contributed by atoms with E-state index in [9.17, 15) is 18.3 Å². The van der Waals surface area contributed by atoms with Gasteiger partial charge in [-0.2, -0.15) is 4.31 Å². The van der Waals surface area contributed by atoms with E-state index in [1.54, 1.807) is 37.3 Å². The number of aliphatic carboxylic acids is 1. The van der Waals surface area contributed by atoms with E-state index < -0.39 is 27.7 Å². The molecule has 0 aromatic heterocycles. The number of nitrogens with zero attached hydrogens (tertiary/aromatic N) is 2. The van der Waals surface area contributed by atoms with Gasteiger partial charge in [0.15, 0.2) is 5.82 Å². The molecule has 3 aromatic carbocycles. The van der Waals surface area contributed by atoms with Crippen LogP contribution >= 0.6 is 0 Å². The van der Waals surface area contributed by atoms with Gasteiger partial charge in [-0.25, -0.2) is 18.7 Å². The number of aryl methyl sites for hydroxylation is 2. The largest absolute Gasteiger partial charge is 0.481 e. The fourth-order valence-electron chi connectivity index (χ4n) is 4.97. The Kier molecular flexibility index (Phi) is 8.05. The van der Waals surface area contributed by atoms with E-state index in [4.69, 9.17) is 11.6 Å². The van der Waals surface area contributed by atoms with Gasteiger partial charge >= 0.3 is 5.97 Å². The average Bonchev–Trinajstić information content (AvgIpc) is 3.01. The number of sulfonamides is 1. The Bertz CT molecular complexity index is 1460. The highest BCUT2D eigenvalue weighted by Crippen LogP contribution is 2.37. The number of hydrazine groups is 1. The summed E-state index contributed by atoms with van der Waals surface area (Å²) >= 11 is 0. The van der Waals surface area contributed by atoms with Crippen LogP contribution in [-0.2, 0) is 27.8 Å². The summed E-state index contributed by atoms with van der Waals surface area (Å²) < 4.78 is 43.9. The van der Waals surface area contributed by atoms with Crippen molar-refractivity contribution in [1.29, 1.82) is 0 Å². The van der Waals surface area contributed by atoms with Crippen molar-refractivity contribution in [2.24, 2.45) is 5.84 Å². The molecule has 1 aliphatic heterocycles. The van der Waals surface area contributed by atoms with E-state index in [0.29, 0.717) is 42.1 Å². The van der Waals surface area contributed by atoms with Crippen molar-refractivity contribution < 1.29 is 22.7 Å². The van der Waals surface area contributed by atoms with Crippen LogP contribution in [0.3, 0.4) is 0 Å². The van der Waals surface area contributed by atoms with Crippen LogP contribution in [-0.4, -0.2) is 36.9 Å². The van der Waals surface area contributed by atoms with Crippen LogP contribution in [0.25, 0.3) is 0 Å². The van der Waals surface area contributed by atoms with Crippen LogP contribution in [0, 0.1) is 12.7 Å². The van der Waals surface area contributed by atoms with Crippen molar-refractivity contribution in [3.63, 3.8) is 0 Å². The molecule has 0 saturated carbocycles. The number of fused-ring (bicyclic) bond motifs is 1. The molecule has 1 unspecified atom stereocenters. The van der Waals surface area contributed by atoms with Gasteiger partial charge in [0.2, 0.25) is 10.0 Å². The highest BCUT2D eigenvalue weighted by atomic mass is 32.2. The molecule has 0 saturated heterocycles. The Morgan fingerprint density at radius 2 is 1.92 bits per heavy atom. The molecule has 0 radical (unpaired) electrons. The van der Waals surface area contributed by atoms with Gasteiger partial charge in [0, 0.05) is 25.6 Å². The zero-order valence-electron chi connectivity index (χ0n) is 21.5. The minimum absolute atomic E-state index is 0.123. The van der Waals surface area contributed by atoms with Gasteiger partial charge in [0.05, 0.1) is 22.7 Å². The molecule has 8 nitrogen and oxygen atoms in total. The number of hydrogen-bond donors (Lipinski definition) is 3. The molecule has 4 rings (SSSR count). The first-order chi connectivity index (χ1) is 18.0. The molecule has 3 aromatic rings. The Morgan fingerprint density at radius 1 is 1.18 bits per heavy atom. The number of nitrogens with two attached hydrogens (primary N) is 2. The monoisotopic (exact) mass is 540 g/mol. The van der Waals surface area contributed by atoms with Gasteiger partial charge in [-0.1, -0.05) is 42.5 Å². The number of rotatable bonds is 8. The quantitative estimate of drug-likeness (QED) is 0.222.